The van der Waals surface area contributed by atoms with Gasteiger partial charge in [0, 0.05) is 41.5 Å². The van der Waals surface area contributed by atoms with E-state index in [-0.39, 0.29) is 0 Å². The van der Waals surface area contributed by atoms with E-state index in [2.05, 4.69) is 0 Å². The first-order valence-corrected chi connectivity index (χ1v) is 14.8. The van der Waals surface area contributed by atoms with Crippen molar-refractivity contribution in [2.45, 2.75) is 129 Å². The molecule has 3 aliphatic rings. The standard InChI is InChI=1S/C29H41NO17/c1-12(31)38-11-18-19(39-13(2)32)20(46-28(30)37)23(42-16(5)35)27(44-18)45-24-21(40-14(3)33)22(41-15(4)34)25(29(7)9-8-10-29)47-26(24)43-17(6)36/h18-27H,8-11H2,1-7H3,(H2,30,37)/t18-,19-,20+,21+,22+,23+,24+,25-,26+,27-/m1/s1. The fraction of sp³-hybridized carbons (Fsp3) is 0.759. The van der Waals surface area contributed by atoms with Crippen molar-refractivity contribution in [3.8, 4) is 0 Å². The summed E-state index contributed by atoms with van der Waals surface area (Å²) in [6.07, 6.45) is -14.6. The first-order chi connectivity index (χ1) is 21.9. The third-order valence-electron chi connectivity index (χ3n) is 7.75. The largest absolute Gasteiger partial charge is 0.463 e. The molecule has 2 heterocycles. The number of hydrogen-bond acceptors (Lipinski definition) is 17. The molecule has 3 fully saturated rings. The van der Waals surface area contributed by atoms with Gasteiger partial charge in [-0.25, -0.2) is 4.79 Å². The molecule has 0 bridgehead atoms. The van der Waals surface area contributed by atoms with Crippen molar-refractivity contribution in [1.82, 2.24) is 0 Å². The van der Waals surface area contributed by atoms with Crippen molar-refractivity contribution in [3.05, 3.63) is 0 Å². The Morgan fingerprint density at radius 2 is 1.09 bits per heavy atom. The van der Waals surface area contributed by atoms with Crippen LogP contribution >= 0.6 is 0 Å². The number of hydrogen-bond donors (Lipinski definition) is 1. The predicted octanol–water partition coefficient (Wildman–Crippen LogP) is 0.329. The molecule has 10 atom stereocenters. The number of nitrogens with two attached hydrogens (primary N) is 1. The second-order valence-corrected chi connectivity index (χ2v) is 11.7. The van der Waals surface area contributed by atoms with E-state index in [1.165, 1.54) is 0 Å². The highest BCUT2D eigenvalue weighted by molar-refractivity contribution is 5.69. The van der Waals surface area contributed by atoms with Gasteiger partial charge in [0.15, 0.2) is 42.9 Å². The topological polar surface area (TPSA) is 238 Å². The van der Waals surface area contributed by atoms with E-state index in [1.807, 2.05) is 6.92 Å². The predicted molar refractivity (Wildman–Crippen MR) is 149 cm³/mol. The Kier molecular flexibility index (Phi) is 12.5. The average Bonchev–Trinajstić information content (AvgIpc) is 2.90. The molecule has 0 aromatic rings. The zero-order valence-corrected chi connectivity index (χ0v) is 27.1. The van der Waals surface area contributed by atoms with Crippen LogP contribution in [0.5, 0.6) is 0 Å². The first kappa shape index (κ1) is 37.4. The minimum atomic E-state index is -1.82. The van der Waals surface area contributed by atoms with Gasteiger partial charge in [-0.15, -0.1) is 0 Å². The van der Waals surface area contributed by atoms with Crippen molar-refractivity contribution in [1.29, 1.82) is 0 Å². The van der Waals surface area contributed by atoms with Crippen LogP contribution in [0.3, 0.4) is 0 Å². The molecule has 0 radical (unpaired) electrons. The summed E-state index contributed by atoms with van der Waals surface area (Å²) in [6.45, 7) is 7.75. The molecule has 2 aliphatic heterocycles. The van der Waals surface area contributed by atoms with Crippen molar-refractivity contribution >= 4 is 41.9 Å². The minimum absolute atomic E-state index is 0.586. The van der Waals surface area contributed by atoms with E-state index in [9.17, 15) is 33.6 Å². The smallest absolute Gasteiger partial charge is 0.405 e. The van der Waals surface area contributed by atoms with Crippen molar-refractivity contribution < 1.29 is 80.9 Å². The van der Waals surface area contributed by atoms with E-state index in [4.69, 9.17) is 53.1 Å². The van der Waals surface area contributed by atoms with Crippen LogP contribution in [0.15, 0.2) is 0 Å². The summed E-state index contributed by atoms with van der Waals surface area (Å²) in [7, 11) is 0. The van der Waals surface area contributed by atoms with Crippen LogP contribution in [0.2, 0.25) is 0 Å². The molecule has 1 saturated carbocycles. The molecule has 18 heteroatoms. The van der Waals surface area contributed by atoms with Crippen LogP contribution in [0.25, 0.3) is 0 Å². The molecule has 0 spiro atoms. The van der Waals surface area contributed by atoms with Gasteiger partial charge in [-0.05, 0) is 18.3 Å². The lowest BCUT2D eigenvalue weighted by Crippen LogP contribution is -2.69. The van der Waals surface area contributed by atoms with Gasteiger partial charge >= 0.3 is 41.9 Å². The molecule has 47 heavy (non-hydrogen) atoms. The Hall–Kier alpha value is -4.03. The van der Waals surface area contributed by atoms with E-state index < -0.39 is 115 Å². The third kappa shape index (κ3) is 9.74. The lowest BCUT2D eigenvalue weighted by atomic mass is 9.64. The Balaban J connectivity index is 2.15. The molecule has 1 aliphatic carbocycles. The molecule has 1 amide bonds. The van der Waals surface area contributed by atoms with Crippen LogP contribution in [-0.4, -0.2) is 110 Å². The maximum absolute atomic E-state index is 12.4. The summed E-state index contributed by atoms with van der Waals surface area (Å²) in [5.74, 6) is -4.98. The Morgan fingerprint density at radius 1 is 0.596 bits per heavy atom. The highest BCUT2D eigenvalue weighted by atomic mass is 16.8. The molecule has 2 saturated heterocycles. The number of primary amides is 1. The summed E-state index contributed by atoms with van der Waals surface area (Å²) in [5, 5.41) is 0. The zero-order valence-electron chi connectivity index (χ0n) is 27.1. The van der Waals surface area contributed by atoms with Gasteiger partial charge in [-0.2, -0.15) is 0 Å². The Labute approximate surface area is 270 Å². The number of carbonyl (C=O) groups is 7. The summed E-state index contributed by atoms with van der Waals surface area (Å²) in [6, 6.07) is 0. The molecule has 0 aromatic carbocycles. The third-order valence-corrected chi connectivity index (χ3v) is 7.75. The summed E-state index contributed by atoms with van der Waals surface area (Å²) < 4.78 is 56.2. The quantitative estimate of drug-likeness (QED) is 0.229. The maximum Gasteiger partial charge on any atom is 0.405 e. The molecule has 0 aromatic heterocycles. The van der Waals surface area contributed by atoms with E-state index in [1.54, 1.807) is 0 Å². The summed E-state index contributed by atoms with van der Waals surface area (Å²) in [5.41, 5.74) is 4.72. The second-order valence-electron chi connectivity index (χ2n) is 11.7. The van der Waals surface area contributed by atoms with E-state index in [0.717, 1.165) is 48.0 Å². The normalized spacial score (nSPS) is 32.7. The molecule has 264 valence electrons. The number of carbonyl (C=O) groups excluding carboxylic acids is 7. The van der Waals surface area contributed by atoms with Gasteiger partial charge < -0.3 is 53.1 Å². The molecule has 2 N–H and O–H groups in total. The number of esters is 6. The van der Waals surface area contributed by atoms with Gasteiger partial charge in [0.1, 0.15) is 18.8 Å². The fourth-order valence-corrected chi connectivity index (χ4v) is 5.84. The van der Waals surface area contributed by atoms with Gasteiger partial charge in [0.05, 0.1) is 0 Å². The highest BCUT2D eigenvalue weighted by Gasteiger charge is 2.61. The van der Waals surface area contributed by atoms with Gasteiger partial charge in [-0.1, -0.05) is 13.3 Å². The highest BCUT2D eigenvalue weighted by Crippen LogP contribution is 2.50. The summed E-state index contributed by atoms with van der Waals surface area (Å²) >= 11 is 0. The number of ether oxygens (including phenoxy) is 10. The van der Waals surface area contributed by atoms with Crippen LogP contribution in [-0.2, 0) is 76.1 Å². The van der Waals surface area contributed by atoms with E-state index in [0.29, 0.717) is 12.8 Å². The number of rotatable bonds is 11. The lowest BCUT2D eigenvalue weighted by Gasteiger charge is -2.54. The molecular formula is C29H41NO17. The second kappa shape index (κ2) is 15.7. The monoisotopic (exact) mass is 675 g/mol. The van der Waals surface area contributed by atoms with Crippen LogP contribution in [0, 0.1) is 5.41 Å². The Morgan fingerprint density at radius 3 is 1.55 bits per heavy atom. The maximum atomic E-state index is 12.4. The molecular weight excluding hydrogens is 634 g/mol. The lowest BCUT2D eigenvalue weighted by molar-refractivity contribution is -0.370. The van der Waals surface area contributed by atoms with Crippen molar-refractivity contribution in [3.63, 3.8) is 0 Å². The van der Waals surface area contributed by atoms with Gasteiger partial charge in [-0.3, -0.25) is 28.8 Å². The molecule has 3 rings (SSSR count). The Bertz CT molecular complexity index is 1220. The average molecular weight is 676 g/mol. The van der Waals surface area contributed by atoms with Crippen molar-refractivity contribution in [2.24, 2.45) is 11.1 Å². The minimum Gasteiger partial charge on any atom is -0.463 e. The zero-order chi connectivity index (χ0) is 35.2. The van der Waals surface area contributed by atoms with Gasteiger partial charge in [0.2, 0.25) is 6.29 Å². The fourth-order valence-electron chi connectivity index (χ4n) is 5.84. The van der Waals surface area contributed by atoms with Crippen LogP contribution < -0.4 is 5.73 Å². The van der Waals surface area contributed by atoms with Gasteiger partial charge in [0.25, 0.3) is 0 Å². The SMILES string of the molecule is CC(=O)OC[C@H]1O[C@H](O[C@@H]2[C@@H](OC(C)=O)O[C@@H](C3(C)CCC3)[C@@H](OC(C)=O)[C@@H]2OC(C)=O)[C@@H](OC(C)=O)[C@@H](OC(N)=O)[C@@H]1OC(C)=O. The van der Waals surface area contributed by atoms with E-state index >= 15 is 0 Å². The first-order valence-electron chi connectivity index (χ1n) is 14.8. The molecule has 18 nitrogen and oxygen atoms in total. The number of amides is 1. The van der Waals surface area contributed by atoms with Crippen LogP contribution in [0.4, 0.5) is 4.79 Å². The molecule has 0 unspecified atom stereocenters. The summed E-state index contributed by atoms with van der Waals surface area (Å²) in [4.78, 5) is 85.1. The van der Waals surface area contributed by atoms with Crippen LogP contribution in [0.1, 0.15) is 67.7 Å². The van der Waals surface area contributed by atoms with Crippen molar-refractivity contribution in [2.75, 3.05) is 6.61 Å².